The van der Waals surface area contributed by atoms with E-state index in [1.54, 1.807) is 31.2 Å². The van der Waals surface area contributed by atoms with Crippen molar-refractivity contribution >= 4 is 21.6 Å². The third kappa shape index (κ3) is 6.07. The minimum Gasteiger partial charge on any atom is -0.494 e. The van der Waals surface area contributed by atoms with Crippen molar-refractivity contribution in [2.75, 3.05) is 17.5 Å². The fraction of sp³-hybridized carbons (Fsp3) is 0.208. The number of nitrogens with zero attached hydrogens (tertiary/aromatic N) is 1. The molecule has 0 aliphatic rings. The number of nitrogens with one attached hydrogen (secondary N) is 1. The fourth-order valence-corrected chi connectivity index (χ4v) is 4.60. The Labute approximate surface area is 191 Å². The molecule has 174 valence electrons. The van der Waals surface area contributed by atoms with Crippen LogP contribution in [0.15, 0.2) is 77.7 Å². The Hall–Kier alpha value is -3.46. The minimum absolute atomic E-state index is 0.155. The molecular formula is C24H24F2N2O4S. The highest BCUT2D eigenvalue weighted by molar-refractivity contribution is 7.92. The van der Waals surface area contributed by atoms with Crippen molar-refractivity contribution in [1.82, 2.24) is 5.32 Å². The van der Waals surface area contributed by atoms with Crippen molar-refractivity contribution < 1.29 is 26.7 Å². The van der Waals surface area contributed by atoms with Crippen LogP contribution in [0.5, 0.6) is 5.75 Å². The van der Waals surface area contributed by atoms with Crippen molar-refractivity contribution in [3.05, 3.63) is 90.0 Å². The lowest BCUT2D eigenvalue weighted by atomic mass is 10.1. The zero-order chi connectivity index (χ0) is 24.0. The molecule has 1 amide bonds. The molecule has 0 saturated heterocycles. The van der Waals surface area contributed by atoms with Crippen LogP contribution in [0.1, 0.15) is 25.5 Å². The van der Waals surface area contributed by atoms with Gasteiger partial charge in [-0.25, -0.2) is 17.2 Å². The topological polar surface area (TPSA) is 75.7 Å². The molecule has 0 aliphatic carbocycles. The van der Waals surface area contributed by atoms with Crippen LogP contribution in [0.2, 0.25) is 0 Å². The molecule has 0 heterocycles. The van der Waals surface area contributed by atoms with Crippen LogP contribution in [0, 0.1) is 11.6 Å². The van der Waals surface area contributed by atoms with Gasteiger partial charge in [-0.1, -0.05) is 12.1 Å². The third-order valence-electron chi connectivity index (χ3n) is 4.87. The Kier molecular flexibility index (Phi) is 7.65. The number of hydrogen-bond donors (Lipinski definition) is 1. The van der Waals surface area contributed by atoms with Gasteiger partial charge < -0.3 is 10.1 Å². The first-order valence-corrected chi connectivity index (χ1v) is 11.7. The first kappa shape index (κ1) is 24.2. The van der Waals surface area contributed by atoms with Gasteiger partial charge in [0.1, 0.15) is 23.9 Å². The molecule has 0 spiro atoms. The monoisotopic (exact) mass is 474 g/mol. The predicted molar refractivity (Wildman–Crippen MR) is 122 cm³/mol. The number of carbonyl (C=O) groups excluding carboxylic acids is 1. The number of benzene rings is 3. The summed E-state index contributed by atoms with van der Waals surface area (Å²) in [4.78, 5) is 12.6. The highest BCUT2D eigenvalue weighted by atomic mass is 32.2. The van der Waals surface area contributed by atoms with Crippen molar-refractivity contribution in [2.24, 2.45) is 0 Å². The molecule has 1 atom stereocenters. The van der Waals surface area contributed by atoms with Crippen LogP contribution in [-0.2, 0) is 14.8 Å². The van der Waals surface area contributed by atoms with Crippen LogP contribution in [0.25, 0.3) is 0 Å². The zero-order valence-electron chi connectivity index (χ0n) is 18.2. The summed E-state index contributed by atoms with van der Waals surface area (Å²) in [6.07, 6.45) is 0. The minimum atomic E-state index is -4.18. The average molecular weight is 475 g/mol. The van der Waals surface area contributed by atoms with E-state index >= 15 is 0 Å². The Balaban J connectivity index is 1.88. The van der Waals surface area contributed by atoms with Crippen molar-refractivity contribution in [2.45, 2.75) is 24.8 Å². The molecule has 6 nitrogen and oxygen atoms in total. The number of ether oxygens (including phenoxy) is 1. The molecule has 0 aliphatic heterocycles. The zero-order valence-corrected chi connectivity index (χ0v) is 19.0. The summed E-state index contributed by atoms with van der Waals surface area (Å²) in [6.45, 7) is 3.46. The summed E-state index contributed by atoms with van der Waals surface area (Å²) in [5, 5.41) is 2.73. The van der Waals surface area contributed by atoms with Gasteiger partial charge >= 0.3 is 0 Å². The highest BCUT2D eigenvalue weighted by Crippen LogP contribution is 2.26. The van der Waals surface area contributed by atoms with Crippen LogP contribution >= 0.6 is 0 Å². The van der Waals surface area contributed by atoms with Gasteiger partial charge in [0.05, 0.1) is 23.2 Å². The summed E-state index contributed by atoms with van der Waals surface area (Å²) >= 11 is 0. The second-order valence-electron chi connectivity index (χ2n) is 7.23. The molecule has 1 unspecified atom stereocenters. The number of halogens is 2. The summed E-state index contributed by atoms with van der Waals surface area (Å²) in [5.74, 6) is -0.988. The van der Waals surface area contributed by atoms with E-state index in [4.69, 9.17) is 4.74 Å². The number of rotatable bonds is 9. The number of amides is 1. The van der Waals surface area contributed by atoms with E-state index in [0.29, 0.717) is 17.9 Å². The molecule has 0 saturated carbocycles. The lowest BCUT2D eigenvalue weighted by Crippen LogP contribution is -2.41. The lowest BCUT2D eigenvalue weighted by Gasteiger charge is -2.25. The van der Waals surface area contributed by atoms with Crippen molar-refractivity contribution in [3.63, 3.8) is 0 Å². The number of anilines is 1. The van der Waals surface area contributed by atoms with E-state index in [9.17, 15) is 22.0 Å². The van der Waals surface area contributed by atoms with Crippen LogP contribution in [0.3, 0.4) is 0 Å². The average Bonchev–Trinajstić information content (AvgIpc) is 2.79. The first-order chi connectivity index (χ1) is 15.7. The first-order valence-electron chi connectivity index (χ1n) is 10.3. The molecule has 0 aromatic heterocycles. The third-order valence-corrected chi connectivity index (χ3v) is 6.66. The number of carbonyl (C=O) groups is 1. The van der Waals surface area contributed by atoms with Crippen LogP contribution < -0.4 is 14.4 Å². The molecule has 3 aromatic rings. The molecule has 3 aromatic carbocycles. The molecular weight excluding hydrogens is 450 g/mol. The normalized spacial score (nSPS) is 12.1. The second-order valence-corrected chi connectivity index (χ2v) is 9.10. The fourth-order valence-electron chi connectivity index (χ4n) is 3.18. The van der Waals surface area contributed by atoms with E-state index in [1.807, 2.05) is 6.92 Å². The van der Waals surface area contributed by atoms with E-state index in [2.05, 4.69) is 5.32 Å². The van der Waals surface area contributed by atoms with Gasteiger partial charge in [0.15, 0.2) is 0 Å². The molecule has 9 heteroatoms. The molecule has 1 N–H and O–H groups in total. The Morgan fingerprint density at radius 2 is 1.48 bits per heavy atom. The molecule has 3 rings (SSSR count). The highest BCUT2D eigenvalue weighted by Gasteiger charge is 2.28. The lowest BCUT2D eigenvalue weighted by molar-refractivity contribution is -0.120. The summed E-state index contributed by atoms with van der Waals surface area (Å²) < 4.78 is 59.5. The van der Waals surface area contributed by atoms with Crippen molar-refractivity contribution in [1.29, 1.82) is 0 Å². The maximum atomic E-state index is 13.3. The standard InChI is InChI=1S/C24H24F2N2O4S/c1-3-32-22-12-10-21(11-13-22)28(33(30,31)23-14-8-20(26)9-15-23)16-24(29)27-17(2)18-4-6-19(25)7-5-18/h4-15,17H,3,16H2,1-2H3,(H,27,29). The SMILES string of the molecule is CCOc1ccc(N(CC(=O)NC(C)c2ccc(F)cc2)S(=O)(=O)c2ccc(F)cc2)cc1. The second kappa shape index (κ2) is 10.4. The van der Waals surface area contributed by atoms with Gasteiger partial charge in [0.25, 0.3) is 10.0 Å². The van der Waals surface area contributed by atoms with Gasteiger partial charge in [-0.2, -0.15) is 0 Å². The smallest absolute Gasteiger partial charge is 0.264 e. The van der Waals surface area contributed by atoms with Gasteiger partial charge in [0.2, 0.25) is 5.91 Å². The maximum Gasteiger partial charge on any atom is 0.264 e. The van der Waals surface area contributed by atoms with E-state index in [0.717, 1.165) is 28.6 Å². The van der Waals surface area contributed by atoms with Gasteiger partial charge in [-0.05, 0) is 80.1 Å². The summed E-state index contributed by atoms with van der Waals surface area (Å²) in [7, 11) is -4.18. The summed E-state index contributed by atoms with van der Waals surface area (Å²) in [6, 6.07) is 15.8. The largest absolute Gasteiger partial charge is 0.494 e. The quantitative estimate of drug-likeness (QED) is 0.498. The maximum absolute atomic E-state index is 13.3. The van der Waals surface area contributed by atoms with E-state index < -0.39 is 40.2 Å². The Morgan fingerprint density at radius 1 is 0.939 bits per heavy atom. The summed E-state index contributed by atoms with van der Waals surface area (Å²) in [5.41, 5.74) is 0.908. The molecule has 33 heavy (non-hydrogen) atoms. The molecule has 0 fully saturated rings. The Morgan fingerprint density at radius 3 is 2.03 bits per heavy atom. The van der Waals surface area contributed by atoms with E-state index in [-0.39, 0.29) is 10.6 Å². The molecule has 0 radical (unpaired) electrons. The Bertz CT molecular complexity index is 1180. The number of hydrogen-bond acceptors (Lipinski definition) is 4. The predicted octanol–water partition coefficient (Wildman–Crippen LogP) is 4.44. The van der Waals surface area contributed by atoms with Crippen LogP contribution in [-0.4, -0.2) is 27.5 Å². The van der Waals surface area contributed by atoms with Gasteiger partial charge in [-0.3, -0.25) is 9.10 Å². The van der Waals surface area contributed by atoms with Crippen LogP contribution in [0.4, 0.5) is 14.5 Å². The van der Waals surface area contributed by atoms with Gasteiger partial charge in [0, 0.05) is 0 Å². The van der Waals surface area contributed by atoms with E-state index in [1.165, 1.54) is 24.3 Å². The number of sulfonamides is 1. The van der Waals surface area contributed by atoms with Gasteiger partial charge in [-0.15, -0.1) is 0 Å². The van der Waals surface area contributed by atoms with Crippen molar-refractivity contribution in [3.8, 4) is 5.75 Å². The molecule has 0 bridgehead atoms.